The van der Waals surface area contributed by atoms with Crippen molar-refractivity contribution in [2.24, 2.45) is 5.41 Å². The van der Waals surface area contributed by atoms with E-state index >= 15 is 0 Å². The van der Waals surface area contributed by atoms with Gasteiger partial charge in [0, 0.05) is 5.41 Å². The van der Waals surface area contributed by atoms with Gasteiger partial charge in [-0.25, -0.2) is 0 Å². The van der Waals surface area contributed by atoms with Crippen LogP contribution in [-0.4, -0.2) is 0 Å². The summed E-state index contributed by atoms with van der Waals surface area (Å²) in [5.74, 6) is 0. The fourth-order valence-corrected chi connectivity index (χ4v) is 5.40. The average molecular weight is 343 g/mol. The van der Waals surface area contributed by atoms with Crippen molar-refractivity contribution < 1.29 is 0 Å². The molecule has 1 aromatic carbocycles. The van der Waals surface area contributed by atoms with Crippen LogP contribution in [-0.2, 0) is 0 Å². The highest BCUT2D eigenvalue weighted by Gasteiger charge is 2.41. The number of rotatable bonds is 4. The molecule has 0 nitrogen and oxygen atoms in total. The van der Waals surface area contributed by atoms with Gasteiger partial charge in [-0.1, -0.05) is 75.3 Å². The Hall–Kier alpha value is -2.08. The summed E-state index contributed by atoms with van der Waals surface area (Å²) in [5.41, 5.74) is 10.9. The van der Waals surface area contributed by atoms with Gasteiger partial charge in [-0.15, -0.1) is 0 Å². The van der Waals surface area contributed by atoms with Gasteiger partial charge in [0.15, 0.2) is 0 Å². The van der Waals surface area contributed by atoms with E-state index in [1.165, 1.54) is 32.7 Å². The molecular formula is C26H30. The lowest BCUT2D eigenvalue weighted by atomic mass is 9.61. The van der Waals surface area contributed by atoms with E-state index in [4.69, 9.17) is 0 Å². The van der Waals surface area contributed by atoms with E-state index in [0.29, 0.717) is 0 Å². The standard InChI is InChI=1S/C26H30/c1-6-20-23(7-2)26(5,8-3)25(18-11-9-10-12-18)22-16-19-15-17(4)13-14-21(19)24(20)22/h9-11,13-16H,6-8,12H2,1-5H3. The summed E-state index contributed by atoms with van der Waals surface area (Å²) in [6, 6.07) is 6.97. The monoisotopic (exact) mass is 342 g/mol. The smallest absolute Gasteiger partial charge is 0.0146 e. The van der Waals surface area contributed by atoms with E-state index in [9.17, 15) is 0 Å². The summed E-state index contributed by atoms with van der Waals surface area (Å²) < 4.78 is 0. The fourth-order valence-electron chi connectivity index (χ4n) is 5.40. The van der Waals surface area contributed by atoms with Crippen LogP contribution in [0.3, 0.4) is 0 Å². The zero-order valence-electron chi connectivity index (χ0n) is 16.9. The Labute approximate surface area is 158 Å². The summed E-state index contributed by atoms with van der Waals surface area (Å²) in [6.45, 7) is 11.7. The number of benzene rings is 1. The molecule has 1 unspecified atom stereocenters. The first-order valence-electron chi connectivity index (χ1n) is 10.2. The molecule has 0 bridgehead atoms. The molecule has 0 N–H and O–H groups in total. The van der Waals surface area contributed by atoms with E-state index in [2.05, 4.69) is 77.1 Å². The molecule has 4 rings (SSSR count). The molecule has 0 aliphatic heterocycles. The molecule has 1 atom stereocenters. The summed E-state index contributed by atoms with van der Waals surface area (Å²) in [6.07, 6.45) is 13.8. The third-order valence-corrected chi connectivity index (χ3v) is 6.71. The van der Waals surface area contributed by atoms with Crippen LogP contribution in [0.2, 0.25) is 0 Å². The molecule has 0 saturated carbocycles. The highest BCUT2D eigenvalue weighted by molar-refractivity contribution is 5.95. The molecule has 0 aromatic heterocycles. The number of allylic oxidation sites excluding steroid dienone is 8. The molecule has 26 heavy (non-hydrogen) atoms. The van der Waals surface area contributed by atoms with Crippen molar-refractivity contribution in [2.45, 2.75) is 60.3 Å². The lowest BCUT2D eigenvalue weighted by Crippen LogP contribution is -2.30. The van der Waals surface area contributed by atoms with Gasteiger partial charge in [-0.2, -0.15) is 0 Å². The fraction of sp³-hybridized carbons (Fsp3) is 0.385. The van der Waals surface area contributed by atoms with Crippen molar-refractivity contribution in [2.75, 3.05) is 0 Å². The Morgan fingerprint density at radius 3 is 2.50 bits per heavy atom. The highest BCUT2D eigenvalue weighted by atomic mass is 14.4. The Kier molecular flexibility index (Phi) is 4.18. The van der Waals surface area contributed by atoms with Gasteiger partial charge in [0.25, 0.3) is 0 Å². The normalized spacial score (nSPS) is 24.0. The molecule has 0 amide bonds. The molecule has 0 fully saturated rings. The number of hydrogen-bond donors (Lipinski definition) is 0. The molecule has 0 radical (unpaired) electrons. The summed E-state index contributed by atoms with van der Waals surface area (Å²) in [7, 11) is 0. The van der Waals surface area contributed by atoms with Gasteiger partial charge < -0.3 is 0 Å². The van der Waals surface area contributed by atoms with E-state index < -0.39 is 0 Å². The molecule has 0 heterocycles. The van der Waals surface area contributed by atoms with Crippen LogP contribution in [0.1, 0.15) is 58.9 Å². The van der Waals surface area contributed by atoms with Crippen LogP contribution >= 0.6 is 0 Å². The third-order valence-electron chi connectivity index (χ3n) is 6.71. The maximum atomic E-state index is 2.49. The quantitative estimate of drug-likeness (QED) is 0.661. The third kappa shape index (κ3) is 2.28. The van der Waals surface area contributed by atoms with Crippen molar-refractivity contribution >= 4 is 11.6 Å². The van der Waals surface area contributed by atoms with Gasteiger partial charge in [0.05, 0.1) is 0 Å². The van der Waals surface area contributed by atoms with E-state index in [0.717, 1.165) is 25.7 Å². The Morgan fingerprint density at radius 1 is 1.08 bits per heavy atom. The zero-order valence-corrected chi connectivity index (χ0v) is 16.9. The van der Waals surface area contributed by atoms with Gasteiger partial charge in [-0.3, -0.25) is 0 Å². The molecule has 0 heteroatoms. The van der Waals surface area contributed by atoms with Crippen LogP contribution in [0.4, 0.5) is 0 Å². The van der Waals surface area contributed by atoms with Crippen LogP contribution in [0.5, 0.6) is 0 Å². The van der Waals surface area contributed by atoms with Crippen molar-refractivity contribution in [3.05, 3.63) is 80.3 Å². The first kappa shape index (κ1) is 17.3. The molecule has 1 aromatic rings. The van der Waals surface area contributed by atoms with E-state index in [-0.39, 0.29) is 5.41 Å². The van der Waals surface area contributed by atoms with Crippen LogP contribution < -0.4 is 10.4 Å². The molecule has 0 saturated heterocycles. The first-order valence-corrected chi connectivity index (χ1v) is 10.2. The van der Waals surface area contributed by atoms with E-state index in [1.807, 2.05) is 0 Å². The maximum Gasteiger partial charge on any atom is 0.0146 e. The molecule has 3 aliphatic rings. The average Bonchev–Trinajstić information content (AvgIpc) is 3.27. The Morgan fingerprint density at radius 2 is 1.88 bits per heavy atom. The van der Waals surface area contributed by atoms with Crippen molar-refractivity contribution in [3.8, 4) is 0 Å². The highest BCUT2D eigenvalue weighted by Crippen LogP contribution is 2.55. The van der Waals surface area contributed by atoms with Gasteiger partial charge >= 0.3 is 0 Å². The second kappa shape index (κ2) is 6.27. The van der Waals surface area contributed by atoms with Gasteiger partial charge in [-0.05, 0) is 77.0 Å². The van der Waals surface area contributed by atoms with Crippen molar-refractivity contribution in [1.82, 2.24) is 0 Å². The number of hydrogen-bond acceptors (Lipinski definition) is 0. The Balaban J connectivity index is 2.15. The molecule has 134 valence electrons. The predicted molar refractivity (Wildman–Crippen MR) is 113 cm³/mol. The summed E-state index contributed by atoms with van der Waals surface area (Å²) in [5, 5.41) is 2.84. The largest absolute Gasteiger partial charge is 0.0801 e. The van der Waals surface area contributed by atoms with E-state index in [1.54, 1.807) is 16.7 Å². The Bertz CT molecular complexity index is 1020. The minimum Gasteiger partial charge on any atom is -0.0801 e. The molecule has 0 spiro atoms. The van der Waals surface area contributed by atoms with Crippen LogP contribution in [0.25, 0.3) is 11.6 Å². The van der Waals surface area contributed by atoms with Crippen molar-refractivity contribution in [3.63, 3.8) is 0 Å². The lowest BCUT2D eigenvalue weighted by Gasteiger charge is -2.42. The number of aryl methyl sites for hydroxylation is 1. The predicted octanol–water partition coefficient (Wildman–Crippen LogP) is 5.67. The first-order chi connectivity index (χ1) is 12.5. The van der Waals surface area contributed by atoms with Crippen LogP contribution in [0, 0.1) is 12.3 Å². The zero-order chi connectivity index (χ0) is 18.5. The summed E-state index contributed by atoms with van der Waals surface area (Å²) in [4.78, 5) is 0. The second-order valence-corrected chi connectivity index (χ2v) is 8.07. The molecule has 3 aliphatic carbocycles. The van der Waals surface area contributed by atoms with Gasteiger partial charge in [0.1, 0.15) is 0 Å². The van der Waals surface area contributed by atoms with Crippen LogP contribution in [0.15, 0.2) is 64.3 Å². The lowest BCUT2D eigenvalue weighted by molar-refractivity contribution is 0.442. The SMILES string of the molecule is CCC1=C(CC)C(C)(CC)C(C2=CC=CC2)=C2C=c3cc(C)ccc3=C21. The topological polar surface area (TPSA) is 0 Å². The van der Waals surface area contributed by atoms with Gasteiger partial charge in [0.2, 0.25) is 0 Å². The second-order valence-electron chi connectivity index (χ2n) is 8.07. The molecular weight excluding hydrogens is 312 g/mol. The summed E-state index contributed by atoms with van der Waals surface area (Å²) >= 11 is 0. The van der Waals surface area contributed by atoms with Crippen molar-refractivity contribution in [1.29, 1.82) is 0 Å². The minimum absolute atomic E-state index is 0.143. The maximum absolute atomic E-state index is 2.49. The number of fused-ring (bicyclic) bond motifs is 2. The minimum atomic E-state index is 0.143.